The van der Waals surface area contributed by atoms with Crippen LogP contribution in [0.5, 0.6) is 0 Å². The van der Waals surface area contributed by atoms with Gasteiger partial charge in [0.25, 0.3) is 5.91 Å². The SMILES string of the molecule is Cc1c([C@H](C)NC(=O)[C@@H]2CC(c3ccc(F)cc3)=NO2)cnn1C. The van der Waals surface area contributed by atoms with Crippen molar-refractivity contribution in [3.05, 3.63) is 53.1 Å². The third-order valence-corrected chi connectivity index (χ3v) is 4.24. The molecule has 0 saturated heterocycles. The molecule has 7 heteroatoms. The molecule has 1 aliphatic heterocycles. The first kappa shape index (κ1) is 16.2. The number of aryl methyl sites for hydroxylation is 1. The maximum Gasteiger partial charge on any atom is 0.264 e. The lowest BCUT2D eigenvalue weighted by Crippen LogP contribution is -2.36. The van der Waals surface area contributed by atoms with E-state index in [1.807, 2.05) is 20.9 Å². The van der Waals surface area contributed by atoms with Gasteiger partial charge in [0.1, 0.15) is 5.82 Å². The number of rotatable bonds is 4. The van der Waals surface area contributed by atoms with Crippen molar-refractivity contribution < 1.29 is 14.0 Å². The van der Waals surface area contributed by atoms with Crippen LogP contribution in [0.4, 0.5) is 4.39 Å². The minimum atomic E-state index is -0.676. The molecule has 6 nitrogen and oxygen atoms in total. The molecular weight excluding hydrogens is 311 g/mol. The molecule has 0 saturated carbocycles. The quantitative estimate of drug-likeness (QED) is 0.935. The number of nitrogens with one attached hydrogen (secondary N) is 1. The van der Waals surface area contributed by atoms with Crippen LogP contribution >= 0.6 is 0 Å². The minimum Gasteiger partial charge on any atom is -0.382 e. The highest BCUT2D eigenvalue weighted by atomic mass is 19.1. The molecule has 126 valence electrons. The molecule has 1 aromatic carbocycles. The van der Waals surface area contributed by atoms with Gasteiger partial charge in [-0.15, -0.1) is 0 Å². The first-order chi connectivity index (χ1) is 11.5. The lowest BCUT2D eigenvalue weighted by molar-refractivity contribution is -0.131. The summed E-state index contributed by atoms with van der Waals surface area (Å²) in [6, 6.07) is 5.79. The van der Waals surface area contributed by atoms with Gasteiger partial charge in [-0.1, -0.05) is 17.3 Å². The Morgan fingerprint density at radius 3 is 2.75 bits per heavy atom. The predicted octanol–water partition coefficient (Wildman–Crippen LogP) is 2.24. The van der Waals surface area contributed by atoms with Crippen molar-refractivity contribution >= 4 is 11.6 Å². The summed E-state index contributed by atoms with van der Waals surface area (Å²) in [7, 11) is 1.86. The van der Waals surface area contributed by atoms with Gasteiger partial charge in [0.05, 0.1) is 18.0 Å². The van der Waals surface area contributed by atoms with E-state index in [4.69, 9.17) is 4.84 Å². The largest absolute Gasteiger partial charge is 0.382 e. The fourth-order valence-corrected chi connectivity index (χ4v) is 2.66. The van der Waals surface area contributed by atoms with Crippen molar-refractivity contribution in [3.63, 3.8) is 0 Å². The Morgan fingerprint density at radius 2 is 2.12 bits per heavy atom. The van der Waals surface area contributed by atoms with E-state index in [0.717, 1.165) is 16.8 Å². The van der Waals surface area contributed by atoms with Gasteiger partial charge in [0.15, 0.2) is 0 Å². The summed E-state index contributed by atoms with van der Waals surface area (Å²) in [5.41, 5.74) is 3.35. The molecule has 1 aromatic heterocycles. The zero-order chi connectivity index (χ0) is 17.3. The van der Waals surface area contributed by atoms with Crippen LogP contribution in [0.15, 0.2) is 35.6 Å². The van der Waals surface area contributed by atoms with Crippen molar-refractivity contribution in [3.8, 4) is 0 Å². The molecule has 0 radical (unpaired) electrons. The van der Waals surface area contributed by atoms with E-state index in [9.17, 15) is 9.18 Å². The lowest BCUT2D eigenvalue weighted by atomic mass is 10.0. The van der Waals surface area contributed by atoms with Gasteiger partial charge in [-0.05, 0) is 31.5 Å². The van der Waals surface area contributed by atoms with E-state index in [0.29, 0.717) is 12.1 Å². The highest BCUT2D eigenvalue weighted by Crippen LogP contribution is 2.20. The van der Waals surface area contributed by atoms with E-state index in [1.54, 1.807) is 23.0 Å². The Hall–Kier alpha value is -2.70. The number of oxime groups is 1. The fourth-order valence-electron chi connectivity index (χ4n) is 2.66. The zero-order valence-corrected chi connectivity index (χ0v) is 13.8. The smallest absolute Gasteiger partial charge is 0.264 e. The van der Waals surface area contributed by atoms with Gasteiger partial charge in [-0.2, -0.15) is 5.10 Å². The van der Waals surface area contributed by atoms with Gasteiger partial charge in [-0.25, -0.2) is 4.39 Å². The Bertz CT molecular complexity index is 782. The average molecular weight is 330 g/mol. The molecule has 1 aliphatic rings. The van der Waals surface area contributed by atoms with Gasteiger partial charge in [0, 0.05) is 24.7 Å². The number of hydrogen-bond donors (Lipinski definition) is 1. The maximum atomic E-state index is 13.0. The monoisotopic (exact) mass is 330 g/mol. The van der Waals surface area contributed by atoms with E-state index in [1.165, 1.54) is 12.1 Å². The van der Waals surface area contributed by atoms with Crippen LogP contribution in [-0.2, 0) is 16.7 Å². The molecule has 2 aromatic rings. The predicted molar refractivity (Wildman–Crippen MR) is 86.9 cm³/mol. The van der Waals surface area contributed by atoms with Gasteiger partial charge in [0.2, 0.25) is 6.10 Å². The van der Waals surface area contributed by atoms with Crippen molar-refractivity contribution in [1.29, 1.82) is 0 Å². The number of nitrogens with zero attached hydrogens (tertiary/aromatic N) is 3. The zero-order valence-electron chi connectivity index (χ0n) is 13.8. The Labute approximate surface area is 139 Å². The highest BCUT2D eigenvalue weighted by Gasteiger charge is 2.30. The van der Waals surface area contributed by atoms with Crippen LogP contribution in [0.3, 0.4) is 0 Å². The number of halogens is 1. The first-order valence-corrected chi connectivity index (χ1v) is 7.73. The van der Waals surface area contributed by atoms with Crippen molar-refractivity contribution in [2.24, 2.45) is 12.2 Å². The Kier molecular flexibility index (Phi) is 4.33. The summed E-state index contributed by atoms with van der Waals surface area (Å²) in [5, 5.41) is 11.1. The van der Waals surface area contributed by atoms with E-state index in [2.05, 4.69) is 15.6 Å². The second-order valence-electron chi connectivity index (χ2n) is 5.88. The maximum absolute atomic E-state index is 13.0. The lowest BCUT2D eigenvalue weighted by Gasteiger charge is -2.16. The number of benzene rings is 1. The van der Waals surface area contributed by atoms with Crippen LogP contribution in [0.1, 0.15) is 36.2 Å². The summed E-state index contributed by atoms with van der Waals surface area (Å²) in [6.45, 7) is 3.85. The number of hydrogen-bond acceptors (Lipinski definition) is 4. The van der Waals surface area contributed by atoms with Crippen LogP contribution in [0, 0.1) is 12.7 Å². The highest BCUT2D eigenvalue weighted by molar-refractivity contribution is 6.04. The molecule has 0 aliphatic carbocycles. The van der Waals surface area contributed by atoms with E-state index >= 15 is 0 Å². The van der Waals surface area contributed by atoms with Gasteiger partial charge in [-0.3, -0.25) is 9.48 Å². The summed E-state index contributed by atoms with van der Waals surface area (Å²) in [4.78, 5) is 17.6. The minimum absolute atomic E-state index is 0.176. The van der Waals surface area contributed by atoms with Crippen LogP contribution in [0.2, 0.25) is 0 Å². The summed E-state index contributed by atoms with van der Waals surface area (Å²) >= 11 is 0. The third kappa shape index (κ3) is 3.15. The van der Waals surface area contributed by atoms with Gasteiger partial charge < -0.3 is 10.2 Å². The fraction of sp³-hybridized carbons (Fsp3) is 0.353. The first-order valence-electron chi connectivity index (χ1n) is 7.73. The summed E-state index contributed by atoms with van der Waals surface area (Å²) < 4.78 is 14.7. The molecule has 1 amide bonds. The molecule has 1 N–H and O–H groups in total. The Balaban J connectivity index is 1.61. The normalized spacial score (nSPS) is 18.0. The molecule has 24 heavy (non-hydrogen) atoms. The van der Waals surface area contributed by atoms with Crippen LogP contribution in [0.25, 0.3) is 0 Å². The molecule has 0 spiro atoms. The number of amides is 1. The number of aromatic nitrogens is 2. The molecule has 0 unspecified atom stereocenters. The van der Waals surface area contributed by atoms with Gasteiger partial charge >= 0.3 is 0 Å². The number of carbonyl (C=O) groups is 1. The van der Waals surface area contributed by atoms with Crippen molar-refractivity contribution in [2.75, 3.05) is 0 Å². The molecule has 2 atom stereocenters. The van der Waals surface area contributed by atoms with Crippen LogP contribution < -0.4 is 5.32 Å². The molecule has 0 bridgehead atoms. The summed E-state index contributed by atoms with van der Waals surface area (Å²) in [6.07, 6.45) is 1.43. The molecular formula is C17H19FN4O2. The van der Waals surface area contributed by atoms with E-state index in [-0.39, 0.29) is 17.8 Å². The average Bonchev–Trinajstić information content (AvgIpc) is 3.16. The van der Waals surface area contributed by atoms with Crippen molar-refractivity contribution in [1.82, 2.24) is 15.1 Å². The second-order valence-corrected chi connectivity index (χ2v) is 5.88. The van der Waals surface area contributed by atoms with E-state index < -0.39 is 6.10 Å². The summed E-state index contributed by atoms with van der Waals surface area (Å²) in [5.74, 6) is -0.542. The molecule has 3 rings (SSSR count). The second kappa shape index (κ2) is 6.43. The van der Waals surface area contributed by atoms with Crippen LogP contribution in [-0.4, -0.2) is 27.5 Å². The molecule has 0 fully saturated rings. The third-order valence-electron chi connectivity index (χ3n) is 4.24. The molecule has 2 heterocycles. The van der Waals surface area contributed by atoms with Crippen molar-refractivity contribution in [2.45, 2.75) is 32.4 Å². The standard InChI is InChI=1S/C17H19FN4O2/c1-10(14-9-19-22(3)11(14)2)20-17(23)16-8-15(21-24-16)12-4-6-13(18)7-5-12/h4-7,9-10,16H,8H2,1-3H3,(H,20,23)/t10-,16-/m0/s1. The number of carbonyl (C=O) groups excluding carboxylic acids is 1. The topological polar surface area (TPSA) is 68.5 Å². The Morgan fingerprint density at radius 1 is 1.42 bits per heavy atom.